The monoisotopic (exact) mass is 452 g/mol. The summed E-state index contributed by atoms with van der Waals surface area (Å²) >= 11 is 0. The Labute approximate surface area is 194 Å². The number of nitrogens with zero attached hydrogens (tertiary/aromatic N) is 3. The van der Waals surface area contributed by atoms with Crippen molar-refractivity contribution in [2.75, 3.05) is 5.32 Å². The summed E-state index contributed by atoms with van der Waals surface area (Å²) in [7, 11) is 0. The van der Waals surface area contributed by atoms with Crippen LogP contribution in [0.1, 0.15) is 17.3 Å². The van der Waals surface area contributed by atoms with E-state index in [4.69, 9.17) is 0 Å². The van der Waals surface area contributed by atoms with Crippen molar-refractivity contribution in [3.8, 4) is 11.3 Å². The number of benzene rings is 3. The fourth-order valence-electron chi connectivity index (χ4n) is 3.30. The van der Waals surface area contributed by atoms with Crippen LogP contribution in [0.25, 0.3) is 22.2 Å². The molecule has 3 N–H and O–H groups in total. The maximum Gasteiger partial charge on any atom is 0.336 e. The first-order valence-electron chi connectivity index (χ1n) is 10.3. The zero-order valence-electron chi connectivity index (χ0n) is 18.1. The highest BCUT2D eigenvalue weighted by Crippen LogP contribution is 2.27. The second kappa shape index (κ2) is 9.74. The minimum atomic E-state index is -1.03. The van der Waals surface area contributed by atoms with Gasteiger partial charge in [0.1, 0.15) is 5.76 Å². The molecule has 8 nitrogen and oxygen atoms in total. The molecule has 168 valence electrons. The van der Waals surface area contributed by atoms with Crippen LogP contribution in [0.3, 0.4) is 0 Å². The number of aliphatic hydroxyl groups is 1. The maximum absolute atomic E-state index is 12.5. The van der Waals surface area contributed by atoms with Crippen molar-refractivity contribution < 1.29 is 19.8 Å². The molecular weight excluding hydrogens is 432 g/mol. The van der Waals surface area contributed by atoms with E-state index in [0.717, 1.165) is 0 Å². The van der Waals surface area contributed by atoms with Crippen LogP contribution in [0.15, 0.2) is 107 Å². The number of fused-ring (bicyclic) bond motifs is 1. The zero-order valence-corrected chi connectivity index (χ0v) is 18.1. The Balaban J connectivity index is 1.57. The first-order chi connectivity index (χ1) is 16.4. The standard InChI is InChI=1S/C26H20N4O4/c1-16(31)24(25(32)27-18-7-3-2-4-8-18)30-29-19-13-11-17(12-14-19)23-15-21(26(33)34)20-9-5-6-10-22(20)28-23/h2-15,31H,1H3,(H,27,32)(H,33,34). The van der Waals surface area contributed by atoms with Crippen LogP contribution < -0.4 is 5.32 Å². The molecule has 0 fully saturated rings. The predicted molar refractivity (Wildman–Crippen MR) is 129 cm³/mol. The Kier molecular flexibility index (Phi) is 6.40. The molecule has 0 saturated carbocycles. The molecule has 0 spiro atoms. The van der Waals surface area contributed by atoms with Gasteiger partial charge in [-0.25, -0.2) is 9.78 Å². The van der Waals surface area contributed by atoms with Gasteiger partial charge in [0.15, 0.2) is 5.70 Å². The topological polar surface area (TPSA) is 124 Å². The summed E-state index contributed by atoms with van der Waals surface area (Å²) in [6.45, 7) is 1.35. The molecule has 0 aliphatic rings. The molecule has 0 bridgehead atoms. The molecule has 3 aromatic carbocycles. The van der Waals surface area contributed by atoms with E-state index in [9.17, 15) is 19.8 Å². The van der Waals surface area contributed by atoms with E-state index < -0.39 is 11.9 Å². The molecule has 1 heterocycles. The van der Waals surface area contributed by atoms with Crippen molar-refractivity contribution in [2.45, 2.75) is 6.92 Å². The number of carbonyl (C=O) groups is 2. The lowest BCUT2D eigenvalue weighted by Gasteiger charge is -2.07. The van der Waals surface area contributed by atoms with Gasteiger partial charge in [-0.05, 0) is 43.3 Å². The molecule has 0 radical (unpaired) electrons. The van der Waals surface area contributed by atoms with Crippen molar-refractivity contribution in [3.63, 3.8) is 0 Å². The minimum absolute atomic E-state index is 0.169. The van der Waals surface area contributed by atoms with Crippen LogP contribution in [0.2, 0.25) is 0 Å². The molecule has 34 heavy (non-hydrogen) atoms. The number of aromatic carboxylic acids is 1. The third-order valence-electron chi connectivity index (χ3n) is 4.96. The number of carboxylic acids is 1. The summed E-state index contributed by atoms with van der Waals surface area (Å²) in [6.07, 6.45) is 0. The lowest BCUT2D eigenvalue weighted by molar-refractivity contribution is -0.113. The number of allylic oxidation sites excluding steroid dienone is 1. The Morgan fingerprint density at radius 3 is 2.24 bits per heavy atom. The Hall–Kier alpha value is -4.85. The molecule has 4 rings (SSSR count). The van der Waals surface area contributed by atoms with Crippen LogP contribution in [0, 0.1) is 0 Å². The van der Waals surface area contributed by atoms with E-state index in [2.05, 4.69) is 20.5 Å². The third kappa shape index (κ3) is 4.97. The molecule has 0 unspecified atom stereocenters. The number of carbonyl (C=O) groups excluding carboxylic acids is 1. The third-order valence-corrected chi connectivity index (χ3v) is 4.96. The second-order valence-corrected chi connectivity index (χ2v) is 7.38. The maximum atomic E-state index is 12.5. The van der Waals surface area contributed by atoms with Gasteiger partial charge in [-0.15, -0.1) is 5.11 Å². The average molecular weight is 452 g/mol. The number of hydrogen-bond acceptors (Lipinski definition) is 6. The van der Waals surface area contributed by atoms with E-state index >= 15 is 0 Å². The average Bonchev–Trinajstić information content (AvgIpc) is 2.84. The van der Waals surface area contributed by atoms with E-state index in [-0.39, 0.29) is 17.0 Å². The van der Waals surface area contributed by atoms with Gasteiger partial charge in [-0.2, -0.15) is 5.11 Å². The van der Waals surface area contributed by atoms with Crippen molar-refractivity contribution >= 4 is 34.2 Å². The highest BCUT2D eigenvalue weighted by atomic mass is 16.4. The molecule has 4 aromatic rings. The number of nitrogens with one attached hydrogen (secondary N) is 1. The van der Waals surface area contributed by atoms with Crippen molar-refractivity contribution in [2.24, 2.45) is 10.2 Å². The fourth-order valence-corrected chi connectivity index (χ4v) is 3.30. The van der Waals surface area contributed by atoms with Gasteiger partial charge in [0.2, 0.25) is 0 Å². The number of azo groups is 1. The van der Waals surface area contributed by atoms with Crippen LogP contribution in [0.4, 0.5) is 11.4 Å². The van der Waals surface area contributed by atoms with E-state index in [1.807, 2.05) is 6.07 Å². The van der Waals surface area contributed by atoms with Gasteiger partial charge in [0.25, 0.3) is 5.91 Å². The summed E-state index contributed by atoms with van der Waals surface area (Å²) in [5.41, 5.74) is 2.75. The van der Waals surface area contributed by atoms with E-state index in [1.165, 1.54) is 13.0 Å². The first kappa shape index (κ1) is 22.3. The highest BCUT2D eigenvalue weighted by molar-refractivity contribution is 6.04. The Morgan fingerprint density at radius 2 is 1.56 bits per heavy atom. The Bertz CT molecular complexity index is 1420. The molecule has 0 aliphatic heterocycles. The smallest absolute Gasteiger partial charge is 0.336 e. The molecule has 8 heteroatoms. The Morgan fingerprint density at radius 1 is 0.882 bits per heavy atom. The van der Waals surface area contributed by atoms with Crippen molar-refractivity contribution in [3.05, 3.63) is 102 Å². The largest absolute Gasteiger partial charge is 0.510 e. The molecule has 0 aliphatic carbocycles. The lowest BCUT2D eigenvalue weighted by atomic mass is 10.0. The number of para-hydroxylation sites is 2. The minimum Gasteiger partial charge on any atom is -0.510 e. The van der Waals surface area contributed by atoms with Crippen LogP contribution in [-0.4, -0.2) is 27.1 Å². The summed E-state index contributed by atoms with van der Waals surface area (Å²) < 4.78 is 0. The van der Waals surface area contributed by atoms with Gasteiger partial charge in [0, 0.05) is 16.6 Å². The SMILES string of the molecule is CC(O)=C(N=Nc1ccc(-c2cc(C(=O)O)c3ccccc3n2)cc1)C(=O)Nc1ccccc1. The highest BCUT2D eigenvalue weighted by Gasteiger charge is 2.14. The normalized spacial score (nSPS) is 11.9. The van der Waals surface area contributed by atoms with E-state index in [1.54, 1.807) is 72.8 Å². The summed E-state index contributed by atoms with van der Waals surface area (Å²) in [6, 6.07) is 24.2. The number of hydrogen-bond donors (Lipinski definition) is 3. The van der Waals surface area contributed by atoms with Crippen LogP contribution in [-0.2, 0) is 4.79 Å². The van der Waals surface area contributed by atoms with Gasteiger partial charge < -0.3 is 15.5 Å². The van der Waals surface area contributed by atoms with Gasteiger partial charge in [0.05, 0.1) is 22.5 Å². The predicted octanol–water partition coefficient (Wildman–Crippen LogP) is 6.11. The fraction of sp³-hybridized carbons (Fsp3) is 0.0385. The van der Waals surface area contributed by atoms with Crippen LogP contribution in [0.5, 0.6) is 0 Å². The molecule has 1 aromatic heterocycles. The van der Waals surface area contributed by atoms with Gasteiger partial charge >= 0.3 is 5.97 Å². The number of carboxylic acid groups (broad SMARTS) is 1. The van der Waals surface area contributed by atoms with Crippen LogP contribution >= 0.6 is 0 Å². The molecular formula is C26H20N4O4. The quantitative estimate of drug-likeness (QED) is 0.185. The summed E-state index contributed by atoms with van der Waals surface area (Å²) in [5.74, 6) is -1.89. The number of amides is 1. The lowest BCUT2D eigenvalue weighted by Crippen LogP contribution is -2.14. The van der Waals surface area contributed by atoms with E-state index in [0.29, 0.717) is 33.5 Å². The number of aromatic nitrogens is 1. The molecule has 1 amide bonds. The summed E-state index contributed by atoms with van der Waals surface area (Å²) in [5, 5.41) is 30.7. The molecule has 0 atom stereocenters. The molecule has 0 saturated heterocycles. The summed E-state index contributed by atoms with van der Waals surface area (Å²) in [4.78, 5) is 28.8. The van der Waals surface area contributed by atoms with Gasteiger partial charge in [-0.1, -0.05) is 48.5 Å². The van der Waals surface area contributed by atoms with Gasteiger partial charge in [-0.3, -0.25) is 4.79 Å². The first-order valence-corrected chi connectivity index (χ1v) is 10.3. The second-order valence-electron chi connectivity index (χ2n) is 7.38. The van der Waals surface area contributed by atoms with Crippen molar-refractivity contribution in [1.82, 2.24) is 4.98 Å². The zero-order chi connectivity index (χ0) is 24.1. The number of anilines is 1. The number of pyridine rings is 1. The number of rotatable bonds is 6. The van der Waals surface area contributed by atoms with Crippen molar-refractivity contribution in [1.29, 1.82) is 0 Å². The number of aliphatic hydroxyl groups excluding tert-OH is 1.